The molecule has 2 aromatic rings. The Hall–Kier alpha value is -2.34. The number of hydrogen-bond acceptors (Lipinski definition) is 4. The molecule has 1 amide bonds. The van der Waals surface area contributed by atoms with E-state index in [1.165, 1.54) is 0 Å². The first-order valence-corrected chi connectivity index (χ1v) is 10.3. The maximum Gasteiger partial charge on any atom is 0.410 e. The molecule has 6 heteroatoms. The number of pyridine rings is 1. The first-order valence-electron chi connectivity index (χ1n) is 10.3. The monoisotopic (exact) mass is 383 g/mol. The third-order valence-corrected chi connectivity index (χ3v) is 6.23. The maximum atomic E-state index is 12.4. The Balaban J connectivity index is 1.40. The highest BCUT2D eigenvalue weighted by Crippen LogP contribution is 2.35. The molecule has 0 radical (unpaired) electrons. The molecular formula is C22H29N3O3. The van der Waals surface area contributed by atoms with E-state index in [1.807, 2.05) is 35.2 Å². The van der Waals surface area contributed by atoms with Crippen molar-refractivity contribution >= 4 is 17.0 Å². The highest BCUT2D eigenvalue weighted by Gasteiger charge is 2.47. The molecule has 0 aliphatic carbocycles. The molecule has 0 saturated carbocycles. The van der Waals surface area contributed by atoms with Gasteiger partial charge in [0.15, 0.2) is 0 Å². The lowest BCUT2D eigenvalue weighted by Gasteiger charge is -2.37. The molecule has 6 nitrogen and oxygen atoms in total. The highest BCUT2D eigenvalue weighted by molar-refractivity contribution is 5.78. The predicted octanol–water partition coefficient (Wildman–Crippen LogP) is 3.50. The van der Waals surface area contributed by atoms with Crippen LogP contribution in [0.2, 0.25) is 0 Å². The number of nitrogens with zero attached hydrogens (tertiary/aromatic N) is 2. The number of rotatable bonds is 5. The number of carbonyl (C=O) groups is 1. The number of para-hydroxylation sites is 1. The average molecular weight is 383 g/mol. The second-order valence-electron chi connectivity index (χ2n) is 8.30. The van der Waals surface area contributed by atoms with Gasteiger partial charge in [0.2, 0.25) is 0 Å². The minimum Gasteiger partial charge on any atom is -0.441 e. The number of fused-ring (bicyclic) bond motifs is 1. The van der Waals surface area contributed by atoms with Crippen molar-refractivity contribution in [1.29, 1.82) is 0 Å². The number of carbonyl (C=O) groups excluding carboxylic acids is 1. The molecule has 1 aromatic heterocycles. The largest absolute Gasteiger partial charge is 0.441 e. The Kier molecular flexibility index (Phi) is 5.15. The summed E-state index contributed by atoms with van der Waals surface area (Å²) in [6.45, 7) is 7.22. The van der Waals surface area contributed by atoms with Gasteiger partial charge in [-0.1, -0.05) is 31.5 Å². The van der Waals surface area contributed by atoms with Crippen LogP contribution in [0.5, 0.6) is 0 Å². The minimum absolute atomic E-state index is 0.0224. The van der Waals surface area contributed by atoms with E-state index < -0.39 is 0 Å². The van der Waals surface area contributed by atoms with Crippen LogP contribution in [0.3, 0.4) is 0 Å². The summed E-state index contributed by atoms with van der Waals surface area (Å²) in [5.41, 5.74) is 1.28. The van der Waals surface area contributed by atoms with Crippen molar-refractivity contribution in [3.63, 3.8) is 0 Å². The second kappa shape index (κ2) is 7.59. The fourth-order valence-electron chi connectivity index (χ4n) is 4.49. The molecule has 2 aliphatic heterocycles. The Morgan fingerprint density at radius 2 is 1.96 bits per heavy atom. The van der Waals surface area contributed by atoms with Crippen molar-refractivity contribution in [2.45, 2.75) is 57.7 Å². The number of hydrogen-bond donors (Lipinski definition) is 1. The number of aromatic nitrogens is 1. The molecule has 4 rings (SSSR count). The Morgan fingerprint density at radius 3 is 2.71 bits per heavy atom. The third kappa shape index (κ3) is 3.65. The first kappa shape index (κ1) is 19.0. The lowest BCUT2D eigenvalue weighted by Crippen LogP contribution is -2.47. The third-order valence-electron chi connectivity index (χ3n) is 6.23. The van der Waals surface area contributed by atoms with Crippen LogP contribution < -0.4 is 5.56 Å². The molecule has 1 atom stereocenters. The zero-order valence-corrected chi connectivity index (χ0v) is 16.7. The number of amides is 1. The van der Waals surface area contributed by atoms with Gasteiger partial charge in [-0.2, -0.15) is 0 Å². The summed E-state index contributed by atoms with van der Waals surface area (Å²) in [6, 6.07) is 10.1. The van der Waals surface area contributed by atoms with Crippen molar-refractivity contribution in [3.05, 3.63) is 46.2 Å². The van der Waals surface area contributed by atoms with Gasteiger partial charge in [-0.25, -0.2) is 4.79 Å². The SMILES string of the molecule is CCCC(C)N1CC2(CCN(Cc3cc4ccccc4[nH]c3=O)CC2)OC1=O. The van der Waals surface area contributed by atoms with E-state index in [2.05, 4.69) is 23.7 Å². The predicted molar refractivity (Wildman–Crippen MR) is 109 cm³/mol. The average Bonchev–Trinajstić information content (AvgIpc) is 3.00. The van der Waals surface area contributed by atoms with E-state index in [4.69, 9.17) is 4.74 Å². The van der Waals surface area contributed by atoms with Gasteiger partial charge < -0.3 is 14.6 Å². The maximum absolute atomic E-state index is 12.4. The molecule has 1 aromatic carbocycles. The lowest BCUT2D eigenvalue weighted by atomic mass is 9.90. The number of aromatic amines is 1. The number of piperidine rings is 1. The lowest BCUT2D eigenvalue weighted by molar-refractivity contribution is -0.00139. The summed E-state index contributed by atoms with van der Waals surface area (Å²) < 4.78 is 5.84. The fourth-order valence-corrected chi connectivity index (χ4v) is 4.49. The van der Waals surface area contributed by atoms with Gasteiger partial charge in [0.1, 0.15) is 5.60 Å². The number of benzene rings is 1. The van der Waals surface area contributed by atoms with Crippen LogP contribution in [0.1, 0.15) is 45.1 Å². The van der Waals surface area contributed by atoms with Crippen LogP contribution >= 0.6 is 0 Å². The van der Waals surface area contributed by atoms with E-state index in [1.54, 1.807) is 0 Å². The highest BCUT2D eigenvalue weighted by atomic mass is 16.6. The van der Waals surface area contributed by atoms with E-state index in [0.29, 0.717) is 13.1 Å². The summed E-state index contributed by atoms with van der Waals surface area (Å²) in [5, 5.41) is 1.05. The molecule has 0 bridgehead atoms. The Labute approximate surface area is 165 Å². The summed E-state index contributed by atoms with van der Waals surface area (Å²) in [6.07, 6.45) is 3.54. The Morgan fingerprint density at radius 1 is 1.21 bits per heavy atom. The van der Waals surface area contributed by atoms with Gasteiger partial charge in [-0.3, -0.25) is 9.69 Å². The normalized spacial score (nSPS) is 20.6. The number of likely N-dealkylation sites (tertiary alicyclic amines) is 1. The van der Waals surface area contributed by atoms with Gasteiger partial charge in [-0.15, -0.1) is 0 Å². The van der Waals surface area contributed by atoms with E-state index >= 15 is 0 Å². The molecule has 1 unspecified atom stereocenters. The second-order valence-corrected chi connectivity index (χ2v) is 8.30. The summed E-state index contributed by atoms with van der Waals surface area (Å²) in [4.78, 5) is 31.9. The van der Waals surface area contributed by atoms with E-state index in [9.17, 15) is 9.59 Å². The van der Waals surface area contributed by atoms with Gasteiger partial charge in [0.25, 0.3) is 5.56 Å². The molecule has 2 saturated heterocycles. The zero-order chi connectivity index (χ0) is 19.7. The van der Waals surface area contributed by atoms with E-state index in [-0.39, 0.29) is 23.3 Å². The van der Waals surface area contributed by atoms with Crippen LogP contribution in [0, 0.1) is 0 Å². The van der Waals surface area contributed by atoms with Crippen molar-refractivity contribution in [2.24, 2.45) is 0 Å². The topological polar surface area (TPSA) is 65.6 Å². The zero-order valence-electron chi connectivity index (χ0n) is 16.7. The smallest absolute Gasteiger partial charge is 0.410 e. The summed E-state index contributed by atoms with van der Waals surface area (Å²) in [5.74, 6) is 0. The van der Waals surface area contributed by atoms with Crippen molar-refractivity contribution in [2.75, 3.05) is 19.6 Å². The molecular weight excluding hydrogens is 354 g/mol. The van der Waals surface area contributed by atoms with Gasteiger partial charge in [0, 0.05) is 49.6 Å². The number of nitrogens with one attached hydrogen (secondary N) is 1. The number of ether oxygens (including phenoxy) is 1. The van der Waals surface area contributed by atoms with Crippen molar-refractivity contribution in [3.8, 4) is 0 Å². The van der Waals surface area contributed by atoms with Crippen LogP contribution in [-0.4, -0.2) is 52.2 Å². The molecule has 1 spiro atoms. The molecule has 3 heterocycles. The first-order chi connectivity index (χ1) is 13.5. The van der Waals surface area contributed by atoms with E-state index in [0.717, 1.165) is 55.2 Å². The van der Waals surface area contributed by atoms with Crippen LogP contribution in [-0.2, 0) is 11.3 Å². The summed E-state index contributed by atoms with van der Waals surface area (Å²) in [7, 11) is 0. The molecule has 28 heavy (non-hydrogen) atoms. The van der Waals surface area contributed by atoms with Crippen molar-refractivity contribution < 1.29 is 9.53 Å². The molecule has 1 N–H and O–H groups in total. The quantitative estimate of drug-likeness (QED) is 0.858. The van der Waals surface area contributed by atoms with Crippen LogP contribution in [0.25, 0.3) is 10.9 Å². The van der Waals surface area contributed by atoms with Crippen molar-refractivity contribution in [1.82, 2.24) is 14.8 Å². The molecule has 2 fully saturated rings. The Bertz CT molecular complexity index is 915. The minimum atomic E-state index is -0.356. The summed E-state index contributed by atoms with van der Waals surface area (Å²) >= 11 is 0. The fraction of sp³-hybridized carbons (Fsp3) is 0.545. The van der Waals surface area contributed by atoms with Crippen LogP contribution in [0.4, 0.5) is 4.79 Å². The van der Waals surface area contributed by atoms with Gasteiger partial charge in [-0.05, 0) is 30.9 Å². The number of H-pyrrole nitrogens is 1. The molecule has 150 valence electrons. The van der Waals surface area contributed by atoms with Gasteiger partial charge >= 0.3 is 6.09 Å². The molecule has 2 aliphatic rings. The van der Waals surface area contributed by atoms with Crippen LogP contribution in [0.15, 0.2) is 35.1 Å². The van der Waals surface area contributed by atoms with Gasteiger partial charge in [0.05, 0.1) is 6.54 Å². The standard InChI is InChI=1S/C22H29N3O3/c1-3-6-16(2)25-15-22(28-21(25)27)9-11-24(12-10-22)14-18-13-17-7-4-5-8-19(17)23-20(18)26/h4-5,7-8,13,16H,3,6,9-12,14-15H2,1-2H3,(H,23,26).